The largest absolute Gasteiger partial charge is 0.375 e. The van der Waals surface area contributed by atoms with Gasteiger partial charge in [0.25, 0.3) is 0 Å². The summed E-state index contributed by atoms with van der Waals surface area (Å²) in [6.07, 6.45) is 1.84. The smallest absolute Gasteiger partial charge is 0.180 e. The molecule has 0 radical (unpaired) electrons. The van der Waals surface area contributed by atoms with Gasteiger partial charge in [-0.25, -0.2) is 4.98 Å². The standard InChI is InChI=1S/C15H21N3S/c1-11-6-4-5-7-13(11)15(2,3)10-17-8-12-9-18-14(16)19-12/h4-7,9,17H,8,10H2,1-3H3,(H2,16,18). The summed E-state index contributed by atoms with van der Waals surface area (Å²) in [5.74, 6) is 0. The highest BCUT2D eigenvalue weighted by molar-refractivity contribution is 7.15. The molecule has 19 heavy (non-hydrogen) atoms. The van der Waals surface area contributed by atoms with E-state index >= 15 is 0 Å². The van der Waals surface area contributed by atoms with Crippen LogP contribution < -0.4 is 11.1 Å². The summed E-state index contributed by atoms with van der Waals surface area (Å²) in [7, 11) is 0. The number of benzene rings is 1. The minimum atomic E-state index is 0.113. The molecule has 0 unspecified atom stereocenters. The molecule has 0 aliphatic heterocycles. The lowest BCUT2D eigenvalue weighted by Crippen LogP contribution is -2.33. The number of nitrogens with two attached hydrogens (primary N) is 1. The fourth-order valence-electron chi connectivity index (χ4n) is 2.33. The summed E-state index contributed by atoms with van der Waals surface area (Å²) in [4.78, 5) is 5.24. The Hall–Kier alpha value is -1.39. The third kappa shape index (κ3) is 3.55. The highest BCUT2D eigenvalue weighted by Crippen LogP contribution is 2.25. The zero-order chi connectivity index (χ0) is 13.9. The van der Waals surface area contributed by atoms with E-state index in [-0.39, 0.29) is 5.41 Å². The summed E-state index contributed by atoms with van der Waals surface area (Å²) in [6, 6.07) is 8.57. The highest BCUT2D eigenvalue weighted by Gasteiger charge is 2.21. The van der Waals surface area contributed by atoms with Gasteiger partial charge >= 0.3 is 0 Å². The third-order valence-corrected chi connectivity index (χ3v) is 4.14. The van der Waals surface area contributed by atoms with E-state index in [2.05, 4.69) is 55.3 Å². The van der Waals surface area contributed by atoms with Gasteiger partial charge in [0.1, 0.15) is 0 Å². The van der Waals surface area contributed by atoms with E-state index in [0.717, 1.165) is 13.1 Å². The van der Waals surface area contributed by atoms with Crippen LogP contribution in [0.1, 0.15) is 29.9 Å². The van der Waals surface area contributed by atoms with Gasteiger partial charge in [-0.1, -0.05) is 38.1 Å². The zero-order valence-electron chi connectivity index (χ0n) is 11.7. The van der Waals surface area contributed by atoms with E-state index in [1.165, 1.54) is 16.0 Å². The normalized spacial score (nSPS) is 11.7. The maximum atomic E-state index is 5.63. The molecule has 2 rings (SSSR count). The Bertz CT molecular complexity index is 546. The molecule has 0 saturated heterocycles. The van der Waals surface area contributed by atoms with Gasteiger partial charge in [0.05, 0.1) is 0 Å². The molecule has 1 heterocycles. The summed E-state index contributed by atoms with van der Waals surface area (Å²) in [5, 5.41) is 4.13. The van der Waals surface area contributed by atoms with Crippen molar-refractivity contribution in [1.29, 1.82) is 0 Å². The predicted molar refractivity (Wildman–Crippen MR) is 82.4 cm³/mol. The first-order valence-electron chi connectivity index (χ1n) is 6.46. The maximum absolute atomic E-state index is 5.63. The number of thiazole rings is 1. The van der Waals surface area contributed by atoms with Crippen LogP contribution in [0.5, 0.6) is 0 Å². The Morgan fingerprint density at radius 3 is 2.68 bits per heavy atom. The SMILES string of the molecule is Cc1ccccc1C(C)(C)CNCc1cnc(N)s1. The summed E-state index contributed by atoms with van der Waals surface area (Å²) in [6.45, 7) is 8.45. The molecule has 0 aliphatic carbocycles. The van der Waals surface area contributed by atoms with Crippen LogP contribution in [0.15, 0.2) is 30.5 Å². The number of anilines is 1. The molecule has 0 aliphatic rings. The summed E-state index contributed by atoms with van der Waals surface area (Å²) < 4.78 is 0. The lowest BCUT2D eigenvalue weighted by molar-refractivity contribution is 0.468. The van der Waals surface area contributed by atoms with Crippen molar-refractivity contribution in [2.75, 3.05) is 12.3 Å². The lowest BCUT2D eigenvalue weighted by Gasteiger charge is -2.27. The van der Waals surface area contributed by atoms with E-state index in [0.29, 0.717) is 5.13 Å². The number of nitrogen functional groups attached to an aromatic ring is 1. The molecule has 0 saturated carbocycles. The second-order valence-electron chi connectivity index (χ2n) is 5.47. The Balaban J connectivity index is 1.96. The van der Waals surface area contributed by atoms with E-state index < -0.39 is 0 Å². The molecule has 0 spiro atoms. The van der Waals surface area contributed by atoms with E-state index in [1.54, 1.807) is 11.3 Å². The van der Waals surface area contributed by atoms with E-state index in [9.17, 15) is 0 Å². The van der Waals surface area contributed by atoms with Crippen molar-refractivity contribution in [2.45, 2.75) is 32.7 Å². The van der Waals surface area contributed by atoms with Crippen LogP contribution in [0.2, 0.25) is 0 Å². The fraction of sp³-hybridized carbons (Fsp3) is 0.400. The van der Waals surface area contributed by atoms with Gasteiger partial charge in [-0.2, -0.15) is 0 Å². The Kier molecular flexibility index (Phi) is 4.22. The van der Waals surface area contributed by atoms with Crippen molar-refractivity contribution in [3.63, 3.8) is 0 Å². The zero-order valence-corrected chi connectivity index (χ0v) is 12.6. The number of nitrogens with zero attached hydrogens (tertiary/aromatic N) is 1. The van der Waals surface area contributed by atoms with Crippen LogP contribution in [-0.2, 0) is 12.0 Å². The van der Waals surface area contributed by atoms with Crippen molar-refractivity contribution >= 4 is 16.5 Å². The molecule has 0 fully saturated rings. The van der Waals surface area contributed by atoms with Gasteiger partial charge in [0, 0.05) is 29.6 Å². The lowest BCUT2D eigenvalue weighted by atomic mass is 9.82. The van der Waals surface area contributed by atoms with E-state index in [4.69, 9.17) is 5.73 Å². The fourth-order valence-corrected chi connectivity index (χ4v) is 2.98. The second kappa shape index (κ2) is 5.72. The Morgan fingerprint density at radius 1 is 1.32 bits per heavy atom. The number of aromatic nitrogens is 1. The van der Waals surface area contributed by atoms with Crippen molar-refractivity contribution in [2.24, 2.45) is 0 Å². The second-order valence-corrected chi connectivity index (χ2v) is 6.61. The minimum Gasteiger partial charge on any atom is -0.375 e. The molecule has 3 nitrogen and oxygen atoms in total. The number of aryl methyl sites for hydroxylation is 1. The van der Waals surface area contributed by atoms with Crippen molar-refractivity contribution in [3.8, 4) is 0 Å². The van der Waals surface area contributed by atoms with Gasteiger partial charge in [-0.15, -0.1) is 11.3 Å². The van der Waals surface area contributed by atoms with Crippen LogP contribution in [0.4, 0.5) is 5.13 Å². The molecule has 0 bridgehead atoms. The summed E-state index contributed by atoms with van der Waals surface area (Å²) in [5.41, 5.74) is 8.48. The minimum absolute atomic E-state index is 0.113. The average molecular weight is 275 g/mol. The average Bonchev–Trinajstić information content (AvgIpc) is 2.75. The molecule has 3 N–H and O–H groups in total. The van der Waals surface area contributed by atoms with Crippen LogP contribution in [0, 0.1) is 6.92 Å². The molecule has 0 amide bonds. The van der Waals surface area contributed by atoms with Crippen LogP contribution in [0.3, 0.4) is 0 Å². The summed E-state index contributed by atoms with van der Waals surface area (Å²) >= 11 is 1.54. The number of hydrogen-bond acceptors (Lipinski definition) is 4. The van der Waals surface area contributed by atoms with Crippen molar-refractivity contribution in [1.82, 2.24) is 10.3 Å². The first kappa shape index (κ1) is 14.0. The molecular formula is C15H21N3S. The number of hydrogen-bond donors (Lipinski definition) is 2. The molecule has 1 aromatic carbocycles. The van der Waals surface area contributed by atoms with Gasteiger partial charge in [0.2, 0.25) is 0 Å². The Morgan fingerprint density at radius 2 is 2.05 bits per heavy atom. The topological polar surface area (TPSA) is 50.9 Å². The molecule has 2 aromatic rings. The highest BCUT2D eigenvalue weighted by atomic mass is 32.1. The quantitative estimate of drug-likeness (QED) is 0.881. The molecule has 4 heteroatoms. The molecule has 1 aromatic heterocycles. The van der Waals surface area contributed by atoms with Gasteiger partial charge < -0.3 is 11.1 Å². The van der Waals surface area contributed by atoms with Crippen molar-refractivity contribution in [3.05, 3.63) is 46.5 Å². The van der Waals surface area contributed by atoms with Gasteiger partial charge in [-0.05, 0) is 18.1 Å². The number of rotatable bonds is 5. The van der Waals surface area contributed by atoms with Crippen LogP contribution in [0.25, 0.3) is 0 Å². The predicted octanol–water partition coefficient (Wildman–Crippen LogP) is 3.10. The maximum Gasteiger partial charge on any atom is 0.180 e. The van der Waals surface area contributed by atoms with E-state index in [1.807, 2.05) is 6.20 Å². The van der Waals surface area contributed by atoms with Crippen LogP contribution >= 0.6 is 11.3 Å². The molecule has 102 valence electrons. The number of nitrogens with one attached hydrogen (secondary N) is 1. The Labute approximate surface area is 118 Å². The molecular weight excluding hydrogens is 254 g/mol. The van der Waals surface area contributed by atoms with Crippen molar-refractivity contribution < 1.29 is 0 Å². The first-order chi connectivity index (χ1) is 8.99. The van der Waals surface area contributed by atoms with Gasteiger partial charge in [-0.3, -0.25) is 0 Å². The monoisotopic (exact) mass is 275 g/mol. The third-order valence-electron chi connectivity index (χ3n) is 3.31. The van der Waals surface area contributed by atoms with Gasteiger partial charge in [0.15, 0.2) is 5.13 Å². The van der Waals surface area contributed by atoms with Crippen LogP contribution in [-0.4, -0.2) is 11.5 Å². The first-order valence-corrected chi connectivity index (χ1v) is 7.28. The molecule has 0 atom stereocenters.